The largest absolute Gasteiger partial charge is 0.871 e. The van der Waals surface area contributed by atoms with Crippen molar-refractivity contribution in [3.63, 3.8) is 0 Å². The number of ether oxygens (including phenoxy) is 2. The van der Waals surface area contributed by atoms with Gasteiger partial charge in [-0.3, -0.25) is 29.6 Å². The smallest absolute Gasteiger partial charge is 0.328 e. The third kappa shape index (κ3) is 6.71. The van der Waals surface area contributed by atoms with Gasteiger partial charge < -0.3 is 30.1 Å². The molecule has 8 atom stereocenters. The molecule has 0 bridgehead atoms. The van der Waals surface area contributed by atoms with E-state index in [1.165, 1.54) is 6.07 Å². The van der Waals surface area contributed by atoms with Crippen LogP contribution in [0.2, 0.25) is 0 Å². The van der Waals surface area contributed by atoms with Gasteiger partial charge >= 0.3 is 11.9 Å². The maximum Gasteiger partial charge on any atom is 0.328 e. The molecule has 4 aliphatic rings. The number of anilines is 1. The predicted octanol–water partition coefficient (Wildman–Crippen LogP) is 1.67. The summed E-state index contributed by atoms with van der Waals surface area (Å²) in [6.07, 6.45) is 3.54. The summed E-state index contributed by atoms with van der Waals surface area (Å²) in [5.74, 6) is -3.67. The first-order valence-electron chi connectivity index (χ1n) is 16.7. The molecule has 4 aliphatic carbocycles. The third-order valence-electron chi connectivity index (χ3n) is 11.9. The Morgan fingerprint density at radius 2 is 1.84 bits per heavy atom. The number of benzene rings is 1. The van der Waals surface area contributed by atoms with Gasteiger partial charge in [-0.2, -0.15) is 0 Å². The molecule has 0 heterocycles. The monoisotopic (exact) mass is 685 g/mol. The van der Waals surface area contributed by atoms with Gasteiger partial charge in [0.25, 0.3) is 0 Å². The zero-order valence-electron chi connectivity index (χ0n) is 28.0. The van der Waals surface area contributed by atoms with Crippen LogP contribution in [0.3, 0.4) is 0 Å². The van der Waals surface area contributed by atoms with Crippen LogP contribution in [-0.4, -0.2) is 81.5 Å². The minimum absolute atomic E-state index is 0.0379. The van der Waals surface area contributed by atoms with E-state index >= 15 is 0 Å². The van der Waals surface area contributed by atoms with E-state index in [-0.39, 0.29) is 53.4 Å². The summed E-state index contributed by atoms with van der Waals surface area (Å²) in [7, 11) is 1.11. The highest BCUT2D eigenvalue weighted by Gasteiger charge is 2.68. The van der Waals surface area contributed by atoms with Crippen LogP contribution < -0.4 is 15.6 Å². The van der Waals surface area contributed by atoms with Gasteiger partial charge in [-0.25, -0.2) is 4.79 Å². The number of allylic oxidation sites excluding steroid dienone is 1. The highest BCUT2D eigenvalue weighted by molar-refractivity contribution is 5.92. The first kappa shape index (κ1) is 36.4. The molecule has 5 rings (SSSR count). The molecule has 3 saturated carbocycles. The summed E-state index contributed by atoms with van der Waals surface area (Å²) in [5.41, 5.74) is -2.13. The summed E-state index contributed by atoms with van der Waals surface area (Å²) in [4.78, 5) is 63.3. The number of carbonyl (C=O) groups excluding carboxylic acids is 5. The number of methoxy groups -OCH3 is 1. The summed E-state index contributed by atoms with van der Waals surface area (Å²) in [6, 6.07) is 2.32. The van der Waals surface area contributed by atoms with Crippen LogP contribution >= 0.6 is 0 Å². The normalized spacial score (nSPS) is 32.5. The second-order valence-electron chi connectivity index (χ2n) is 14.5. The SMILES string of the molecule is COC(=O)[C@@H](Cc1ccc([O-])c(N(O)O)c1)NC(=O)CCC(=O)OCC(=O)[C@@]1(O)CC[C@H]2[C@H]3CCC4=CC(=O)CC[C@]4(C)[C@H]3[C@@H](O)C[C@]21C. The molecule has 0 radical (unpaired) electrons. The van der Waals surface area contributed by atoms with Gasteiger partial charge in [0, 0.05) is 24.7 Å². The number of ketones is 2. The molecule has 0 spiro atoms. The van der Waals surface area contributed by atoms with E-state index < -0.39 is 77.7 Å². The van der Waals surface area contributed by atoms with Crippen LogP contribution in [-0.2, 0) is 39.9 Å². The molecule has 1 aromatic carbocycles. The van der Waals surface area contributed by atoms with Crippen molar-refractivity contribution in [2.75, 3.05) is 18.9 Å². The van der Waals surface area contributed by atoms with Gasteiger partial charge in [-0.15, -0.1) is 5.23 Å². The Balaban J connectivity index is 1.16. The van der Waals surface area contributed by atoms with Crippen LogP contribution in [0.25, 0.3) is 0 Å². The lowest BCUT2D eigenvalue weighted by Gasteiger charge is -2.60. The average Bonchev–Trinajstić information content (AvgIpc) is 3.33. The predicted molar refractivity (Wildman–Crippen MR) is 168 cm³/mol. The van der Waals surface area contributed by atoms with E-state index in [4.69, 9.17) is 9.47 Å². The quantitative estimate of drug-likeness (QED) is 0.165. The van der Waals surface area contributed by atoms with Crippen molar-refractivity contribution in [3.8, 4) is 5.75 Å². The molecule has 49 heavy (non-hydrogen) atoms. The van der Waals surface area contributed by atoms with Gasteiger partial charge in [0.05, 0.1) is 25.3 Å². The minimum atomic E-state index is -1.82. The summed E-state index contributed by atoms with van der Waals surface area (Å²) >= 11 is 0. The highest BCUT2D eigenvalue weighted by Crippen LogP contribution is 2.67. The standard InChI is InChI=1S/C35H46N2O12/c1-33-12-10-21(38)16-20(33)5-6-22-23-11-13-35(45,34(23,2)17-27(40)31(22)33)28(41)18-49-30(43)9-8-29(42)36-24(32(44)48-3)14-19-4-7-26(39)25(15-19)37(46)47/h4,7,15-16,22-24,27,31,39-40,45-47H,5-6,8-14,17-18H2,1-3H3,(H,36,42)/p-1/t22-,23+,24-,27+,31-,33+,34-,35+/m1/s1. The number of nitrogens with zero attached hydrogens (tertiary/aromatic N) is 1. The van der Waals surface area contributed by atoms with Crippen molar-refractivity contribution >= 4 is 35.1 Å². The number of nitrogens with one attached hydrogen (secondary N) is 1. The van der Waals surface area contributed by atoms with Gasteiger partial charge in [0.15, 0.2) is 12.4 Å². The average molecular weight is 686 g/mol. The van der Waals surface area contributed by atoms with Crippen molar-refractivity contribution in [1.29, 1.82) is 0 Å². The molecule has 0 aliphatic heterocycles. The first-order valence-corrected chi connectivity index (χ1v) is 16.7. The molecular formula is C35H45N2O12-. The number of Topliss-reactive ketones (excluding diaryl/α,β-unsaturated/α-hetero) is 1. The lowest BCUT2D eigenvalue weighted by atomic mass is 9.45. The molecule has 14 nitrogen and oxygen atoms in total. The maximum absolute atomic E-state index is 13.5. The number of hydrogen-bond acceptors (Lipinski definition) is 13. The van der Waals surface area contributed by atoms with E-state index in [1.807, 2.05) is 6.92 Å². The topological polar surface area (TPSA) is 223 Å². The molecule has 1 amide bonds. The number of fused-ring (bicyclic) bond motifs is 5. The molecule has 5 N–H and O–H groups in total. The molecule has 0 saturated heterocycles. The lowest BCUT2D eigenvalue weighted by Crippen LogP contribution is -2.62. The summed E-state index contributed by atoms with van der Waals surface area (Å²) in [5, 5.41) is 55.8. The van der Waals surface area contributed by atoms with Gasteiger partial charge in [0.2, 0.25) is 11.7 Å². The second kappa shape index (κ2) is 13.8. The van der Waals surface area contributed by atoms with Crippen LogP contribution in [0.15, 0.2) is 29.8 Å². The molecule has 1 aromatic rings. The van der Waals surface area contributed by atoms with Gasteiger partial charge in [-0.05, 0) is 79.4 Å². The Labute approximate surface area is 284 Å². The molecule has 3 fully saturated rings. The van der Waals surface area contributed by atoms with Crippen LogP contribution in [0.1, 0.15) is 77.2 Å². The molecular weight excluding hydrogens is 640 g/mol. The van der Waals surface area contributed by atoms with E-state index in [9.17, 15) is 49.7 Å². The van der Waals surface area contributed by atoms with Crippen LogP contribution in [0.5, 0.6) is 5.75 Å². The molecule has 14 heteroatoms. The van der Waals surface area contributed by atoms with E-state index in [0.29, 0.717) is 24.8 Å². The van der Waals surface area contributed by atoms with E-state index in [2.05, 4.69) is 12.2 Å². The van der Waals surface area contributed by atoms with Crippen molar-refractivity contribution in [2.24, 2.45) is 28.6 Å². The van der Waals surface area contributed by atoms with E-state index in [1.54, 1.807) is 6.08 Å². The number of hydrogen-bond donors (Lipinski definition) is 5. The van der Waals surface area contributed by atoms with Crippen molar-refractivity contribution < 1.29 is 59.2 Å². The third-order valence-corrected chi connectivity index (χ3v) is 11.9. The van der Waals surface area contributed by atoms with Crippen LogP contribution in [0, 0.1) is 28.6 Å². The number of rotatable bonds is 11. The number of esters is 2. The number of aliphatic hydroxyl groups is 2. The fourth-order valence-corrected chi connectivity index (χ4v) is 9.39. The maximum atomic E-state index is 13.5. The lowest BCUT2D eigenvalue weighted by molar-refractivity contribution is -0.268. The summed E-state index contributed by atoms with van der Waals surface area (Å²) in [6.45, 7) is 3.26. The number of amides is 1. The Morgan fingerprint density at radius 3 is 2.53 bits per heavy atom. The fourth-order valence-electron chi connectivity index (χ4n) is 9.39. The zero-order chi connectivity index (χ0) is 35.9. The minimum Gasteiger partial charge on any atom is -0.871 e. The molecule has 0 aromatic heterocycles. The van der Waals surface area contributed by atoms with Gasteiger partial charge in [-0.1, -0.05) is 37.3 Å². The van der Waals surface area contributed by atoms with E-state index in [0.717, 1.165) is 37.7 Å². The Hall–Kier alpha value is -3.85. The first-order chi connectivity index (χ1) is 23.0. The van der Waals surface area contributed by atoms with Crippen molar-refractivity contribution in [2.45, 2.75) is 95.8 Å². The number of carbonyl (C=O) groups is 5. The van der Waals surface area contributed by atoms with Crippen LogP contribution in [0.4, 0.5) is 5.69 Å². The number of aliphatic hydroxyl groups excluding tert-OH is 1. The second-order valence-corrected chi connectivity index (χ2v) is 14.5. The zero-order valence-corrected chi connectivity index (χ0v) is 28.0. The Bertz CT molecular complexity index is 1540. The molecule has 268 valence electrons. The van der Waals surface area contributed by atoms with Crippen molar-refractivity contribution in [3.05, 3.63) is 35.4 Å². The van der Waals surface area contributed by atoms with Crippen molar-refractivity contribution in [1.82, 2.24) is 5.32 Å². The van der Waals surface area contributed by atoms with Gasteiger partial charge in [0.1, 0.15) is 11.6 Å². The fraction of sp³-hybridized carbons (Fsp3) is 0.629. The highest BCUT2D eigenvalue weighted by atomic mass is 16.8. The Morgan fingerprint density at radius 1 is 1.10 bits per heavy atom. The molecule has 0 unspecified atom stereocenters. The Kier molecular flexibility index (Phi) is 10.3. The summed E-state index contributed by atoms with van der Waals surface area (Å²) < 4.78 is 9.94.